The molecule has 84 valence electrons. The maximum atomic E-state index is 11.8. The van der Waals surface area contributed by atoms with Crippen LogP contribution in [-0.2, 0) is 10.0 Å². The molecule has 0 aliphatic carbocycles. The minimum atomic E-state index is -3.61. The zero-order valence-corrected chi connectivity index (χ0v) is 10.3. The van der Waals surface area contributed by atoms with Crippen LogP contribution in [0.15, 0.2) is 40.2 Å². The van der Waals surface area contributed by atoms with Crippen LogP contribution in [0.5, 0.6) is 0 Å². The summed E-state index contributed by atoms with van der Waals surface area (Å²) in [5, 5.41) is 6.15. The van der Waals surface area contributed by atoms with E-state index >= 15 is 0 Å². The lowest BCUT2D eigenvalue weighted by atomic mass is 10.5. The van der Waals surface area contributed by atoms with E-state index in [0.29, 0.717) is 10.2 Å². The number of anilines is 1. The van der Waals surface area contributed by atoms with E-state index in [1.54, 1.807) is 0 Å². The highest BCUT2D eigenvalue weighted by atomic mass is 79.9. The van der Waals surface area contributed by atoms with Gasteiger partial charge >= 0.3 is 0 Å². The van der Waals surface area contributed by atoms with Crippen molar-refractivity contribution >= 4 is 31.6 Å². The summed E-state index contributed by atoms with van der Waals surface area (Å²) in [6.07, 6.45) is 5.61. The van der Waals surface area contributed by atoms with Gasteiger partial charge in [0.2, 0.25) is 0 Å². The van der Waals surface area contributed by atoms with Crippen molar-refractivity contribution in [1.82, 2.24) is 15.2 Å². The van der Waals surface area contributed by atoms with Gasteiger partial charge in [-0.3, -0.25) is 14.8 Å². The number of nitrogens with one attached hydrogen (secondary N) is 2. The number of hydrogen-bond acceptors (Lipinski definition) is 4. The second-order valence-electron chi connectivity index (χ2n) is 2.93. The number of nitrogens with zero attached hydrogens (tertiary/aromatic N) is 2. The summed E-state index contributed by atoms with van der Waals surface area (Å²) in [6.45, 7) is 0. The maximum Gasteiger partial charge on any atom is 0.263 e. The molecule has 8 heteroatoms. The first-order valence-corrected chi connectivity index (χ1v) is 6.48. The lowest BCUT2D eigenvalue weighted by Crippen LogP contribution is -2.12. The van der Waals surface area contributed by atoms with Crippen LogP contribution in [0.4, 0.5) is 5.69 Å². The van der Waals surface area contributed by atoms with E-state index in [4.69, 9.17) is 0 Å². The van der Waals surface area contributed by atoms with Gasteiger partial charge in [0, 0.05) is 23.1 Å². The minimum absolute atomic E-state index is 0.0862. The van der Waals surface area contributed by atoms with Crippen molar-refractivity contribution in [3.05, 3.63) is 35.3 Å². The quantitative estimate of drug-likeness (QED) is 0.896. The predicted octanol–water partition coefficient (Wildman–Crippen LogP) is 1.37. The zero-order chi connectivity index (χ0) is 11.6. The molecule has 0 aliphatic rings. The normalized spacial score (nSPS) is 11.3. The lowest BCUT2D eigenvalue weighted by molar-refractivity contribution is 0.600. The summed E-state index contributed by atoms with van der Waals surface area (Å²) in [7, 11) is -3.61. The van der Waals surface area contributed by atoms with Crippen molar-refractivity contribution in [1.29, 1.82) is 0 Å². The monoisotopic (exact) mass is 302 g/mol. The Morgan fingerprint density at radius 1 is 1.31 bits per heavy atom. The van der Waals surface area contributed by atoms with Crippen LogP contribution < -0.4 is 4.72 Å². The van der Waals surface area contributed by atoms with Gasteiger partial charge in [0.1, 0.15) is 4.90 Å². The first-order valence-electron chi connectivity index (χ1n) is 4.20. The highest BCUT2D eigenvalue weighted by Gasteiger charge is 2.15. The Bertz CT molecular complexity index is 582. The van der Waals surface area contributed by atoms with Crippen molar-refractivity contribution in [2.75, 3.05) is 4.72 Å². The molecule has 0 atom stereocenters. The molecular formula is C8H7BrN4O2S. The van der Waals surface area contributed by atoms with E-state index < -0.39 is 10.0 Å². The standard InChI is InChI=1S/C8H7BrN4O2S/c9-6-1-8(5-10-2-6)16(14,15)13-7-3-11-12-4-7/h1-5,13H,(H,11,12). The Morgan fingerprint density at radius 3 is 2.75 bits per heavy atom. The summed E-state index contributed by atoms with van der Waals surface area (Å²) in [4.78, 5) is 3.88. The molecule has 16 heavy (non-hydrogen) atoms. The number of halogens is 1. The molecule has 2 aromatic rings. The Balaban J connectivity index is 2.33. The molecule has 0 aromatic carbocycles. The summed E-state index contributed by atoms with van der Waals surface area (Å²) in [6, 6.07) is 1.47. The summed E-state index contributed by atoms with van der Waals surface area (Å²) >= 11 is 3.16. The summed E-state index contributed by atoms with van der Waals surface area (Å²) in [5.74, 6) is 0. The predicted molar refractivity (Wildman–Crippen MR) is 61.3 cm³/mol. The molecule has 0 bridgehead atoms. The van der Waals surface area contributed by atoms with Gasteiger partial charge in [0.25, 0.3) is 10.0 Å². The van der Waals surface area contributed by atoms with Gasteiger partial charge in [-0.05, 0) is 22.0 Å². The molecule has 2 N–H and O–H groups in total. The molecule has 0 saturated carbocycles. The number of H-pyrrole nitrogens is 1. The van der Waals surface area contributed by atoms with E-state index in [1.165, 1.54) is 30.9 Å². The third kappa shape index (κ3) is 2.39. The Labute approximate surface area is 100 Å². The molecule has 0 fully saturated rings. The fourth-order valence-electron chi connectivity index (χ4n) is 1.06. The van der Waals surface area contributed by atoms with Gasteiger partial charge in [0.05, 0.1) is 11.9 Å². The van der Waals surface area contributed by atoms with Gasteiger partial charge in [-0.25, -0.2) is 8.42 Å². The molecule has 0 aliphatic heterocycles. The molecule has 2 aromatic heterocycles. The van der Waals surface area contributed by atoms with Crippen molar-refractivity contribution in [3.63, 3.8) is 0 Å². The topological polar surface area (TPSA) is 87.7 Å². The van der Waals surface area contributed by atoms with Crippen molar-refractivity contribution < 1.29 is 8.42 Å². The van der Waals surface area contributed by atoms with Crippen LogP contribution in [0, 0.1) is 0 Å². The van der Waals surface area contributed by atoms with Crippen LogP contribution >= 0.6 is 15.9 Å². The molecule has 0 radical (unpaired) electrons. The largest absolute Gasteiger partial charge is 0.284 e. The number of rotatable bonds is 3. The Hall–Kier alpha value is -1.41. The fraction of sp³-hybridized carbons (Fsp3) is 0. The van der Waals surface area contributed by atoms with Crippen LogP contribution in [0.3, 0.4) is 0 Å². The van der Waals surface area contributed by atoms with Gasteiger partial charge < -0.3 is 0 Å². The smallest absolute Gasteiger partial charge is 0.263 e. The highest BCUT2D eigenvalue weighted by molar-refractivity contribution is 9.10. The number of aromatic nitrogens is 3. The third-order valence-electron chi connectivity index (χ3n) is 1.74. The first-order chi connectivity index (χ1) is 7.58. The van der Waals surface area contributed by atoms with Gasteiger partial charge in [0.15, 0.2) is 0 Å². The van der Waals surface area contributed by atoms with Crippen LogP contribution in [0.25, 0.3) is 0 Å². The molecular weight excluding hydrogens is 296 g/mol. The van der Waals surface area contributed by atoms with Crippen LogP contribution in [0.2, 0.25) is 0 Å². The molecule has 0 amide bonds. The van der Waals surface area contributed by atoms with Crippen LogP contribution in [-0.4, -0.2) is 23.6 Å². The maximum absolute atomic E-state index is 11.8. The molecule has 0 unspecified atom stereocenters. The number of sulfonamides is 1. The van der Waals surface area contributed by atoms with Crippen LogP contribution in [0.1, 0.15) is 0 Å². The number of pyridine rings is 1. The van der Waals surface area contributed by atoms with E-state index in [9.17, 15) is 8.42 Å². The number of aromatic amines is 1. The lowest BCUT2D eigenvalue weighted by Gasteiger charge is -2.05. The van der Waals surface area contributed by atoms with Gasteiger partial charge in [-0.2, -0.15) is 5.10 Å². The van der Waals surface area contributed by atoms with Crippen molar-refractivity contribution in [2.45, 2.75) is 4.90 Å². The molecule has 2 heterocycles. The molecule has 2 rings (SSSR count). The van der Waals surface area contributed by atoms with E-state index in [1.807, 2.05) is 0 Å². The van der Waals surface area contributed by atoms with Gasteiger partial charge in [-0.15, -0.1) is 0 Å². The van der Waals surface area contributed by atoms with Crippen molar-refractivity contribution in [2.24, 2.45) is 0 Å². The molecule has 0 spiro atoms. The summed E-state index contributed by atoms with van der Waals surface area (Å²) in [5.41, 5.74) is 0.375. The SMILES string of the molecule is O=S(=O)(Nc1cn[nH]c1)c1cncc(Br)c1. The average Bonchev–Trinajstić information content (AvgIpc) is 2.70. The highest BCUT2D eigenvalue weighted by Crippen LogP contribution is 2.17. The number of hydrogen-bond donors (Lipinski definition) is 2. The third-order valence-corrected chi connectivity index (χ3v) is 3.52. The average molecular weight is 303 g/mol. The fourth-order valence-corrected chi connectivity index (χ4v) is 2.60. The summed E-state index contributed by atoms with van der Waals surface area (Å²) < 4.78 is 26.6. The first kappa shape index (κ1) is 11.1. The molecule has 6 nitrogen and oxygen atoms in total. The minimum Gasteiger partial charge on any atom is -0.284 e. The van der Waals surface area contributed by atoms with Gasteiger partial charge in [-0.1, -0.05) is 0 Å². The van der Waals surface area contributed by atoms with E-state index in [2.05, 4.69) is 35.8 Å². The second kappa shape index (κ2) is 4.22. The zero-order valence-electron chi connectivity index (χ0n) is 7.88. The Kier molecular flexibility index (Phi) is 2.92. The second-order valence-corrected chi connectivity index (χ2v) is 5.53. The Morgan fingerprint density at radius 2 is 2.12 bits per heavy atom. The van der Waals surface area contributed by atoms with Crippen molar-refractivity contribution in [3.8, 4) is 0 Å². The molecule has 0 saturated heterocycles. The van der Waals surface area contributed by atoms with E-state index in [0.717, 1.165) is 0 Å². The van der Waals surface area contributed by atoms with E-state index in [-0.39, 0.29) is 4.90 Å².